The van der Waals surface area contributed by atoms with Crippen LogP contribution in [-0.4, -0.2) is 20.4 Å². The van der Waals surface area contributed by atoms with E-state index in [0.29, 0.717) is 5.69 Å². The molecule has 2 rings (SSSR count). The summed E-state index contributed by atoms with van der Waals surface area (Å²) < 4.78 is 26.8. The van der Waals surface area contributed by atoms with Crippen molar-refractivity contribution in [1.29, 1.82) is 0 Å². The van der Waals surface area contributed by atoms with Gasteiger partial charge in [0.1, 0.15) is 0 Å². The van der Waals surface area contributed by atoms with Crippen LogP contribution >= 0.6 is 0 Å². The molecule has 0 fully saturated rings. The maximum Gasteiger partial charge on any atom is 0.242 e. The van der Waals surface area contributed by atoms with Crippen molar-refractivity contribution >= 4 is 21.6 Å². The van der Waals surface area contributed by atoms with Crippen LogP contribution in [0.5, 0.6) is 0 Å². The van der Waals surface area contributed by atoms with E-state index in [-0.39, 0.29) is 4.90 Å². The third-order valence-electron chi connectivity index (χ3n) is 3.42. The van der Waals surface area contributed by atoms with Gasteiger partial charge in [-0.15, -0.1) is 0 Å². The maximum atomic E-state index is 12.2. The zero-order valence-corrected chi connectivity index (χ0v) is 14.1. The molecule has 2 aromatic rings. The van der Waals surface area contributed by atoms with Crippen molar-refractivity contribution in [2.45, 2.75) is 31.7 Å². The van der Waals surface area contributed by atoms with Crippen LogP contribution in [0.2, 0.25) is 0 Å². The number of anilines is 1. The van der Waals surface area contributed by atoms with Crippen molar-refractivity contribution in [3.63, 3.8) is 0 Å². The fourth-order valence-corrected chi connectivity index (χ4v) is 3.37. The molecule has 0 saturated heterocycles. The molecule has 0 aromatic heterocycles. The van der Waals surface area contributed by atoms with Crippen molar-refractivity contribution in [2.24, 2.45) is 0 Å². The van der Waals surface area contributed by atoms with Crippen molar-refractivity contribution in [3.8, 4) is 0 Å². The molecule has 0 unspecified atom stereocenters. The van der Waals surface area contributed by atoms with Crippen molar-refractivity contribution in [3.05, 3.63) is 59.7 Å². The van der Waals surface area contributed by atoms with Gasteiger partial charge in [-0.3, -0.25) is 4.79 Å². The molecule has 0 saturated carbocycles. The summed E-state index contributed by atoms with van der Waals surface area (Å²) in [6.45, 7) is 5.37. The Hall–Kier alpha value is -2.18. The predicted octanol–water partition coefficient (Wildman–Crippen LogP) is 2.61. The molecule has 1 amide bonds. The van der Waals surface area contributed by atoms with Crippen LogP contribution in [0.4, 0.5) is 5.69 Å². The largest absolute Gasteiger partial charge is 0.324 e. The SMILES string of the molecule is Cc1ccc(NC(=O)[C@@H](C)NS(=O)(=O)c2ccccc2)c(C)c1. The number of carbonyl (C=O) groups excluding carboxylic acids is 1. The minimum Gasteiger partial charge on any atom is -0.324 e. The molecule has 0 bridgehead atoms. The van der Waals surface area contributed by atoms with E-state index >= 15 is 0 Å². The highest BCUT2D eigenvalue weighted by Crippen LogP contribution is 2.16. The average Bonchev–Trinajstić information content (AvgIpc) is 2.50. The van der Waals surface area contributed by atoms with Crippen molar-refractivity contribution in [2.75, 3.05) is 5.32 Å². The Morgan fingerprint density at radius 1 is 1.04 bits per heavy atom. The number of hydrogen-bond donors (Lipinski definition) is 2. The number of rotatable bonds is 5. The first kappa shape index (κ1) is 17.2. The molecular formula is C17H20N2O3S. The number of nitrogens with one attached hydrogen (secondary N) is 2. The van der Waals surface area contributed by atoms with E-state index in [2.05, 4.69) is 10.0 Å². The van der Waals surface area contributed by atoms with E-state index in [1.165, 1.54) is 19.1 Å². The Morgan fingerprint density at radius 2 is 1.70 bits per heavy atom. The highest BCUT2D eigenvalue weighted by molar-refractivity contribution is 7.89. The fourth-order valence-electron chi connectivity index (χ4n) is 2.15. The van der Waals surface area contributed by atoms with Gasteiger partial charge in [0.2, 0.25) is 15.9 Å². The minimum atomic E-state index is -3.72. The second-order valence-electron chi connectivity index (χ2n) is 5.46. The van der Waals surface area contributed by atoms with E-state index < -0.39 is 22.0 Å². The summed E-state index contributed by atoms with van der Waals surface area (Å²) in [7, 11) is -3.72. The lowest BCUT2D eigenvalue weighted by atomic mass is 10.1. The number of benzene rings is 2. The molecule has 0 aliphatic rings. The summed E-state index contributed by atoms with van der Waals surface area (Å²) in [5.74, 6) is -0.406. The molecule has 0 radical (unpaired) electrons. The lowest BCUT2D eigenvalue weighted by Gasteiger charge is -2.15. The third kappa shape index (κ3) is 4.40. The van der Waals surface area contributed by atoms with Gasteiger partial charge in [0.15, 0.2) is 0 Å². The Balaban J connectivity index is 2.08. The Kier molecular flexibility index (Phi) is 5.18. The molecular weight excluding hydrogens is 312 g/mol. The Morgan fingerprint density at radius 3 is 2.30 bits per heavy atom. The molecule has 5 nitrogen and oxygen atoms in total. The van der Waals surface area contributed by atoms with Crippen LogP contribution in [0.3, 0.4) is 0 Å². The highest BCUT2D eigenvalue weighted by atomic mass is 32.2. The summed E-state index contributed by atoms with van der Waals surface area (Å²) in [5, 5.41) is 2.75. The van der Waals surface area contributed by atoms with Gasteiger partial charge in [0.05, 0.1) is 10.9 Å². The van der Waals surface area contributed by atoms with Crippen LogP contribution < -0.4 is 10.0 Å². The van der Waals surface area contributed by atoms with Crippen LogP contribution in [0, 0.1) is 13.8 Å². The van der Waals surface area contributed by atoms with Gasteiger partial charge in [0.25, 0.3) is 0 Å². The first-order valence-electron chi connectivity index (χ1n) is 7.25. The molecule has 0 spiro atoms. The van der Waals surface area contributed by atoms with Gasteiger partial charge >= 0.3 is 0 Å². The van der Waals surface area contributed by atoms with E-state index in [1.807, 2.05) is 26.0 Å². The number of carbonyl (C=O) groups is 1. The number of hydrogen-bond acceptors (Lipinski definition) is 3. The lowest BCUT2D eigenvalue weighted by Crippen LogP contribution is -2.41. The first-order chi connectivity index (χ1) is 10.8. The maximum absolute atomic E-state index is 12.2. The highest BCUT2D eigenvalue weighted by Gasteiger charge is 2.22. The Bertz CT molecular complexity index is 802. The second kappa shape index (κ2) is 6.93. The van der Waals surface area contributed by atoms with Crippen LogP contribution in [0.1, 0.15) is 18.1 Å². The smallest absolute Gasteiger partial charge is 0.242 e. The normalized spacial score (nSPS) is 12.7. The van der Waals surface area contributed by atoms with Gasteiger partial charge in [-0.2, -0.15) is 4.72 Å². The summed E-state index contributed by atoms with van der Waals surface area (Å²) in [6.07, 6.45) is 0. The van der Waals surface area contributed by atoms with Gasteiger partial charge in [-0.25, -0.2) is 8.42 Å². The summed E-state index contributed by atoms with van der Waals surface area (Å²) in [4.78, 5) is 12.4. The molecule has 0 aliphatic carbocycles. The fraction of sp³-hybridized carbons (Fsp3) is 0.235. The van der Waals surface area contributed by atoms with Crippen molar-refractivity contribution in [1.82, 2.24) is 4.72 Å². The number of aryl methyl sites for hydroxylation is 2. The average molecular weight is 332 g/mol. The molecule has 0 aliphatic heterocycles. The number of sulfonamides is 1. The van der Waals surface area contributed by atoms with E-state index in [4.69, 9.17) is 0 Å². The van der Waals surface area contributed by atoms with Crippen molar-refractivity contribution < 1.29 is 13.2 Å². The quantitative estimate of drug-likeness (QED) is 0.884. The third-order valence-corrected chi connectivity index (χ3v) is 4.98. The molecule has 23 heavy (non-hydrogen) atoms. The predicted molar refractivity (Wildman–Crippen MR) is 90.8 cm³/mol. The van der Waals surface area contributed by atoms with E-state index in [1.54, 1.807) is 24.3 Å². The standard InChI is InChI=1S/C17H20N2O3S/c1-12-9-10-16(13(2)11-12)18-17(20)14(3)19-23(21,22)15-7-5-4-6-8-15/h4-11,14,19H,1-3H3,(H,18,20)/t14-/m1/s1. The van der Waals surface area contributed by atoms with Crippen LogP contribution in [0.15, 0.2) is 53.4 Å². The summed E-state index contributed by atoms with van der Waals surface area (Å²) in [5.41, 5.74) is 2.70. The molecule has 6 heteroatoms. The summed E-state index contributed by atoms with van der Waals surface area (Å²) >= 11 is 0. The zero-order chi connectivity index (χ0) is 17.0. The van der Waals surface area contributed by atoms with Gasteiger partial charge in [-0.1, -0.05) is 35.9 Å². The minimum absolute atomic E-state index is 0.131. The molecule has 0 heterocycles. The van der Waals surface area contributed by atoms with Gasteiger partial charge in [0, 0.05) is 5.69 Å². The lowest BCUT2D eigenvalue weighted by molar-refractivity contribution is -0.117. The monoisotopic (exact) mass is 332 g/mol. The van der Waals surface area contributed by atoms with Crippen LogP contribution in [-0.2, 0) is 14.8 Å². The molecule has 122 valence electrons. The number of amides is 1. The zero-order valence-electron chi connectivity index (χ0n) is 13.3. The second-order valence-corrected chi connectivity index (χ2v) is 7.18. The topological polar surface area (TPSA) is 75.3 Å². The van der Waals surface area contributed by atoms with Gasteiger partial charge in [-0.05, 0) is 44.5 Å². The molecule has 2 N–H and O–H groups in total. The van der Waals surface area contributed by atoms with Crippen LogP contribution in [0.25, 0.3) is 0 Å². The molecule has 2 aromatic carbocycles. The van der Waals surface area contributed by atoms with E-state index in [9.17, 15) is 13.2 Å². The molecule has 1 atom stereocenters. The summed E-state index contributed by atoms with van der Waals surface area (Å²) in [6, 6.07) is 12.7. The first-order valence-corrected chi connectivity index (χ1v) is 8.73. The Labute approximate surface area is 136 Å². The van der Waals surface area contributed by atoms with Gasteiger partial charge < -0.3 is 5.32 Å². The van der Waals surface area contributed by atoms with E-state index in [0.717, 1.165) is 11.1 Å².